The second-order valence-electron chi connectivity index (χ2n) is 7.64. The molecule has 3 nitrogen and oxygen atoms in total. The Morgan fingerprint density at radius 3 is 2.48 bits per heavy atom. The van der Waals surface area contributed by atoms with E-state index in [-0.39, 0.29) is 6.03 Å². The van der Waals surface area contributed by atoms with Crippen LogP contribution >= 0.6 is 0 Å². The highest BCUT2D eigenvalue weighted by Gasteiger charge is 2.35. The lowest BCUT2D eigenvalue weighted by molar-refractivity contribution is 0.202. The van der Waals surface area contributed by atoms with Crippen LogP contribution in [0.5, 0.6) is 0 Å². The monoisotopic (exact) mass is 292 g/mol. The third-order valence-corrected chi connectivity index (χ3v) is 6.09. The summed E-state index contributed by atoms with van der Waals surface area (Å²) in [6.07, 6.45) is 14.2. The van der Waals surface area contributed by atoms with Crippen LogP contribution in [-0.4, -0.2) is 18.1 Å². The molecule has 3 rings (SSSR count). The van der Waals surface area contributed by atoms with Crippen LogP contribution < -0.4 is 10.6 Å². The fraction of sp³-hybridized carbons (Fsp3) is 0.944. The first-order chi connectivity index (χ1) is 10.3. The van der Waals surface area contributed by atoms with Crippen LogP contribution in [0.4, 0.5) is 4.79 Å². The Bertz CT molecular complexity index is 353. The van der Waals surface area contributed by atoms with Crippen molar-refractivity contribution in [3.63, 3.8) is 0 Å². The van der Waals surface area contributed by atoms with Crippen LogP contribution in [0.3, 0.4) is 0 Å². The molecule has 0 saturated heterocycles. The molecule has 120 valence electrons. The summed E-state index contributed by atoms with van der Waals surface area (Å²) in [7, 11) is 0. The number of urea groups is 1. The lowest BCUT2D eigenvalue weighted by Crippen LogP contribution is -2.50. The number of hydrogen-bond acceptors (Lipinski definition) is 1. The molecule has 21 heavy (non-hydrogen) atoms. The number of carbonyl (C=O) groups excluding carboxylic acids is 1. The minimum absolute atomic E-state index is 0.0989. The highest BCUT2D eigenvalue weighted by atomic mass is 16.2. The largest absolute Gasteiger partial charge is 0.335 e. The maximum absolute atomic E-state index is 12.3. The highest BCUT2D eigenvalue weighted by molar-refractivity contribution is 5.74. The number of carbonyl (C=O) groups is 1. The molecular formula is C18H32N2O. The van der Waals surface area contributed by atoms with Crippen LogP contribution in [0.1, 0.15) is 77.6 Å². The van der Waals surface area contributed by atoms with Gasteiger partial charge in [-0.25, -0.2) is 4.79 Å². The molecule has 0 aliphatic heterocycles. The number of hydrogen-bond donors (Lipinski definition) is 2. The van der Waals surface area contributed by atoms with Gasteiger partial charge in [-0.3, -0.25) is 0 Å². The van der Waals surface area contributed by atoms with Crippen LogP contribution in [0.2, 0.25) is 0 Å². The van der Waals surface area contributed by atoms with Crippen molar-refractivity contribution >= 4 is 6.03 Å². The Balaban J connectivity index is 1.44. The summed E-state index contributed by atoms with van der Waals surface area (Å²) in [5.41, 5.74) is 0. The first-order valence-electron chi connectivity index (χ1n) is 9.33. The summed E-state index contributed by atoms with van der Waals surface area (Å²) in [5.74, 6) is 2.57. The standard InChI is InChI=1S/C18H32N2O/c1-2-13-6-3-4-9-17(13)20-18(21)19-16-8-5-7-15(12-16)14-10-11-14/h13-17H,2-12H2,1H3,(H2,19,20,21)/t13?,15-,16+,17?/m0/s1. The smallest absolute Gasteiger partial charge is 0.315 e. The van der Waals surface area contributed by atoms with E-state index in [2.05, 4.69) is 17.6 Å². The minimum atomic E-state index is 0.0989. The second kappa shape index (κ2) is 7.02. The zero-order valence-corrected chi connectivity index (χ0v) is 13.6. The molecule has 2 N–H and O–H groups in total. The Morgan fingerprint density at radius 2 is 1.71 bits per heavy atom. The summed E-state index contributed by atoms with van der Waals surface area (Å²) in [6, 6.07) is 0.932. The van der Waals surface area contributed by atoms with Crippen molar-refractivity contribution in [1.29, 1.82) is 0 Å². The zero-order valence-electron chi connectivity index (χ0n) is 13.6. The van der Waals surface area contributed by atoms with Crippen molar-refractivity contribution in [1.82, 2.24) is 10.6 Å². The molecule has 3 saturated carbocycles. The molecular weight excluding hydrogens is 260 g/mol. The van der Waals surface area contributed by atoms with E-state index in [9.17, 15) is 4.79 Å². The fourth-order valence-corrected chi connectivity index (χ4v) is 4.64. The Morgan fingerprint density at radius 1 is 0.905 bits per heavy atom. The van der Waals surface area contributed by atoms with E-state index < -0.39 is 0 Å². The minimum Gasteiger partial charge on any atom is -0.335 e. The maximum Gasteiger partial charge on any atom is 0.315 e. The molecule has 0 bridgehead atoms. The lowest BCUT2D eigenvalue weighted by Gasteiger charge is -2.33. The van der Waals surface area contributed by atoms with E-state index in [0.29, 0.717) is 18.0 Å². The summed E-state index contributed by atoms with van der Waals surface area (Å²) >= 11 is 0. The molecule has 3 aliphatic rings. The van der Waals surface area contributed by atoms with Crippen molar-refractivity contribution in [3.05, 3.63) is 0 Å². The summed E-state index contributed by atoms with van der Waals surface area (Å²) in [6.45, 7) is 2.25. The van der Waals surface area contributed by atoms with Crippen molar-refractivity contribution in [3.8, 4) is 0 Å². The van der Waals surface area contributed by atoms with E-state index in [4.69, 9.17) is 0 Å². The first kappa shape index (κ1) is 15.2. The Hall–Kier alpha value is -0.730. The highest BCUT2D eigenvalue weighted by Crippen LogP contribution is 2.43. The van der Waals surface area contributed by atoms with E-state index >= 15 is 0 Å². The molecule has 0 radical (unpaired) electrons. The van der Waals surface area contributed by atoms with E-state index in [1.165, 1.54) is 70.6 Å². The van der Waals surface area contributed by atoms with Gasteiger partial charge in [0.2, 0.25) is 0 Å². The number of rotatable bonds is 4. The average molecular weight is 292 g/mol. The van der Waals surface area contributed by atoms with Gasteiger partial charge in [-0.05, 0) is 56.3 Å². The normalized spacial score (nSPS) is 37.0. The van der Waals surface area contributed by atoms with Crippen molar-refractivity contribution in [2.45, 2.75) is 89.6 Å². The van der Waals surface area contributed by atoms with Gasteiger partial charge in [-0.1, -0.05) is 39.0 Å². The van der Waals surface area contributed by atoms with Crippen molar-refractivity contribution < 1.29 is 4.79 Å². The third kappa shape index (κ3) is 4.14. The van der Waals surface area contributed by atoms with Gasteiger partial charge < -0.3 is 10.6 Å². The molecule has 0 spiro atoms. The van der Waals surface area contributed by atoms with Crippen LogP contribution in [0.25, 0.3) is 0 Å². The van der Waals surface area contributed by atoms with Crippen molar-refractivity contribution in [2.24, 2.45) is 17.8 Å². The molecule has 0 aromatic carbocycles. The molecule has 3 heteroatoms. The van der Waals surface area contributed by atoms with Gasteiger partial charge in [0.1, 0.15) is 0 Å². The lowest BCUT2D eigenvalue weighted by atomic mass is 9.82. The molecule has 0 heterocycles. The summed E-state index contributed by atoms with van der Waals surface area (Å²) in [5, 5.41) is 6.55. The van der Waals surface area contributed by atoms with Gasteiger partial charge in [-0.2, -0.15) is 0 Å². The molecule has 2 unspecified atom stereocenters. The Kier molecular flexibility index (Phi) is 5.07. The summed E-state index contributed by atoms with van der Waals surface area (Å²) < 4.78 is 0. The van der Waals surface area contributed by atoms with E-state index in [1.54, 1.807) is 0 Å². The number of nitrogens with one attached hydrogen (secondary N) is 2. The van der Waals surface area contributed by atoms with Gasteiger partial charge in [-0.15, -0.1) is 0 Å². The summed E-state index contributed by atoms with van der Waals surface area (Å²) in [4.78, 5) is 12.3. The molecule has 4 atom stereocenters. The molecule has 2 amide bonds. The first-order valence-corrected chi connectivity index (χ1v) is 9.33. The molecule has 0 aromatic rings. The van der Waals surface area contributed by atoms with Crippen molar-refractivity contribution in [2.75, 3.05) is 0 Å². The fourth-order valence-electron chi connectivity index (χ4n) is 4.64. The van der Waals surface area contributed by atoms with Crippen LogP contribution in [-0.2, 0) is 0 Å². The average Bonchev–Trinajstić information content (AvgIpc) is 3.32. The SMILES string of the molecule is CCC1CCCCC1NC(=O)N[C@@H]1CCC[C@H](C2CC2)C1. The van der Waals surface area contributed by atoms with E-state index in [0.717, 1.165) is 11.8 Å². The molecule has 3 fully saturated rings. The number of amides is 2. The maximum atomic E-state index is 12.3. The predicted octanol–water partition coefficient (Wildman–Crippen LogP) is 4.22. The van der Waals surface area contributed by atoms with Gasteiger partial charge >= 0.3 is 6.03 Å². The second-order valence-corrected chi connectivity index (χ2v) is 7.64. The van der Waals surface area contributed by atoms with Crippen LogP contribution in [0, 0.1) is 17.8 Å². The predicted molar refractivity (Wildman–Crippen MR) is 86.2 cm³/mol. The molecule has 3 aliphatic carbocycles. The Labute approximate surface area is 129 Å². The van der Waals surface area contributed by atoms with Gasteiger partial charge in [0.15, 0.2) is 0 Å². The van der Waals surface area contributed by atoms with Crippen LogP contribution in [0.15, 0.2) is 0 Å². The van der Waals surface area contributed by atoms with Gasteiger partial charge in [0.25, 0.3) is 0 Å². The third-order valence-electron chi connectivity index (χ3n) is 6.09. The molecule has 0 aromatic heterocycles. The van der Waals surface area contributed by atoms with Gasteiger partial charge in [0.05, 0.1) is 0 Å². The topological polar surface area (TPSA) is 41.1 Å². The quantitative estimate of drug-likeness (QED) is 0.800. The van der Waals surface area contributed by atoms with Gasteiger partial charge in [0, 0.05) is 12.1 Å². The zero-order chi connectivity index (χ0) is 14.7. The van der Waals surface area contributed by atoms with E-state index in [1.807, 2.05) is 0 Å².